The molecule has 0 aliphatic rings. The van der Waals surface area contributed by atoms with Crippen LogP contribution in [-0.2, 0) is 0 Å². The molecule has 0 unspecified atom stereocenters. The van der Waals surface area contributed by atoms with Gasteiger partial charge in [0.2, 0.25) is 0 Å². The van der Waals surface area contributed by atoms with Crippen LogP contribution in [0.25, 0.3) is 0 Å². The first-order valence-electron chi connectivity index (χ1n) is 7.15. The molecule has 0 N–H and O–H groups in total. The van der Waals surface area contributed by atoms with Crippen LogP contribution in [0, 0.1) is 12.3 Å². The van der Waals surface area contributed by atoms with Crippen LogP contribution in [0.5, 0.6) is 5.75 Å². The minimum Gasteiger partial charge on any atom is -0.494 e. The van der Waals surface area contributed by atoms with Crippen molar-refractivity contribution in [2.45, 2.75) is 19.8 Å². The second-order valence-electron chi connectivity index (χ2n) is 4.72. The van der Waals surface area contributed by atoms with Crippen LogP contribution in [0.15, 0.2) is 53.5 Å². The number of terminal acetylenes is 1. The van der Waals surface area contributed by atoms with E-state index >= 15 is 0 Å². The molecule has 2 nitrogen and oxygen atoms in total. The molecule has 0 aliphatic carbocycles. The highest BCUT2D eigenvalue weighted by Gasteiger charge is 1.94. The van der Waals surface area contributed by atoms with E-state index in [-0.39, 0.29) is 0 Å². The fraction of sp³-hybridized carbons (Fsp3) is 0.211. The van der Waals surface area contributed by atoms with Gasteiger partial charge in [-0.15, -0.1) is 6.42 Å². The Morgan fingerprint density at radius 3 is 2.43 bits per heavy atom. The highest BCUT2D eigenvalue weighted by molar-refractivity contribution is 5.82. The van der Waals surface area contributed by atoms with Crippen molar-refractivity contribution in [3.05, 3.63) is 59.7 Å². The van der Waals surface area contributed by atoms with Gasteiger partial charge < -0.3 is 4.74 Å². The van der Waals surface area contributed by atoms with Crippen molar-refractivity contribution in [2.24, 2.45) is 4.99 Å². The molecule has 0 amide bonds. The summed E-state index contributed by atoms with van der Waals surface area (Å²) in [6, 6.07) is 15.5. The zero-order valence-electron chi connectivity index (χ0n) is 12.3. The van der Waals surface area contributed by atoms with Crippen LogP contribution in [0.1, 0.15) is 30.9 Å². The molecule has 0 aromatic heterocycles. The van der Waals surface area contributed by atoms with Gasteiger partial charge in [0.05, 0.1) is 12.3 Å². The first kappa shape index (κ1) is 14.9. The molecule has 2 heteroatoms. The SMILES string of the molecule is C#Cc1ccc(N=Cc2ccc(OCCCC)cc2)cc1. The highest BCUT2D eigenvalue weighted by atomic mass is 16.5. The molecule has 0 saturated heterocycles. The summed E-state index contributed by atoms with van der Waals surface area (Å²) in [5.74, 6) is 3.49. The van der Waals surface area contributed by atoms with Gasteiger partial charge in [0, 0.05) is 11.8 Å². The van der Waals surface area contributed by atoms with Gasteiger partial charge in [0.1, 0.15) is 5.75 Å². The second-order valence-corrected chi connectivity index (χ2v) is 4.72. The van der Waals surface area contributed by atoms with E-state index in [1.807, 2.05) is 54.7 Å². The number of ether oxygens (including phenoxy) is 1. The third kappa shape index (κ3) is 4.81. The fourth-order valence-electron chi connectivity index (χ4n) is 1.78. The summed E-state index contributed by atoms with van der Waals surface area (Å²) in [5.41, 5.74) is 2.79. The zero-order valence-corrected chi connectivity index (χ0v) is 12.3. The fourth-order valence-corrected chi connectivity index (χ4v) is 1.78. The van der Waals surface area contributed by atoms with Crippen molar-refractivity contribution < 1.29 is 4.74 Å². The van der Waals surface area contributed by atoms with E-state index in [1.54, 1.807) is 0 Å². The van der Waals surface area contributed by atoms with Gasteiger partial charge >= 0.3 is 0 Å². The van der Waals surface area contributed by atoms with Gasteiger partial charge in [0.25, 0.3) is 0 Å². The molecule has 0 heterocycles. The molecule has 0 spiro atoms. The van der Waals surface area contributed by atoms with E-state index in [2.05, 4.69) is 17.8 Å². The maximum Gasteiger partial charge on any atom is 0.119 e. The molecule has 0 saturated carbocycles. The Morgan fingerprint density at radius 1 is 1.10 bits per heavy atom. The molecule has 21 heavy (non-hydrogen) atoms. The molecule has 0 radical (unpaired) electrons. The lowest BCUT2D eigenvalue weighted by atomic mass is 10.2. The van der Waals surface area contributed by atoms with Crippen LogP contribution in [-0.4, -0.2) is 12.8 Å². The van der Waals surface area contributed by atoms with Crippen LogP contribution in [0.3, 0.4) is 0 Å². The summed E-state index contributed by atoms with van der Waals surface area (Å²) in [7, 11) is 0. The number of hydrogen-bond acceptors (Lipinski definition) is 2. The molecule has 2 rings (SSSR count). The topological polar surface area (TPSA) is 21.6 Å². The third-order valence-corrected chi connectivity index (χ3v) is 3.04. The summed E-state index contributed by atoms with van der Waals surface area (Å²) >= 11 is 0. The minimum atomic E-state index is 0.769. The Morgan fingerprint density at radius 2 is 1.81 bits per heavy atom. The maximum absolute atomic E-state index is 5.63. The first-order chi connectivity index (χ1) is 10.3. The van der Waals surface area contributed by atoms with E-state index in [1.165, 1.54) is 0 Å². The standard InChI is InChI=1S/C19H19NO/c1-3-5-14-21-19-12-8-17(9-13-19)15-20-18-10-6-16(4-2)7-11-18/h2,6-13,15H,3,5,14H2,1H3. The van der Waals surface area contributed by atoms with Crippen molar-refractivity contribution in [3.63, 3.8) is 0 Å². The molecular weight excluding hydrogens is 258 g/mol. The van der Waals surface area contributed by atoms with Gasteiger partial charge in [-0.05, 0) is 60.5 Å². The van der Waals surface area contributed by atoms with E-state index in [4.69, 9.17) is 11.2 Å². The summed E-state index contributed by atoms with van der Waals surface area (Å²) in [5, 5.41) is 0. The van der Waals surface area contributed by atoms with Crippen LogP contribution < -0.4 is 4.74 Å². The summed E-state index contributed by atoms with van der Waals surface area (Å²) < 4.78 is 5.63. The van der Waals surface area contributed by atoms with E-state index in [9.17, 15) is 0 Å². The summed E-state index contributed by atoms with van der Waals surface area (Å²) in [6.07, 6.45) is 9.38. The average Bonchev–Trinajstić information content (AvgIpc) is 2.55. The Labute approximate surface area is 126 Å². The number of benzene rings is 2. The van der Waals surface area contributed by atoms with E-state index in [0.29, 0.717) is 0 Å². The van der Waals surface area contributed by atoms with Gasteiger partial charge in [-0.1, -0.05) is 19.3 Å². The quantitative estimate of drug-likeness (QED) is 0.429. The minimum absolute atomic E-state index is 0.769. The Balaban J connectivity index is 1.95. The molecule has 0 aliphatic heterocycles. The molecule has 0 bridgehead atoms. The number of unbranched alkanes of at least 4 members (excludes halogenated alkanes) is 1. The molecule has 2 aromatic carbocycles. The largest absolute Gasteiger partial charge is 0.494 e. The highest BCUT2D eigenvalue weighted by Crippen LogP contribution is 2.14. The van der Waals surface area contributed by atoms with Gasteiger partial charge in [-0.25, -0.2) is 0 Å². The van der Waals surface area contributed by atoms with Crippen molar-refractivity contribution in [2.75, 3.05) is 6.61 Å². The normalized spacial score (nSPS) is 10.5. The first-order valence-corrected chi connectivity index (χ1v) is 7.15. The van der Waals surface area contributed by atoms with Crippen molar-refractivity contribution in [1.29, 1.82) is 0 Å². The van der Waals surface area contributed by atoms with Crippen LogP contribution in [0.2, 0.25) is 0 Å². The second kappa shape index (κ2) is 7.91. The lowest BCUT2D eigenvalue weighted by molar-refractivity contribution is 0.309. The number of rotatable bonds is 6. The van der Waals surface area contributed by atoms with E-state index < -0.39 is 0 Å². The Bertz CT molecular complexity index is 618. The molecule has 2 aromatic rings. The lowest BCUT2D eigenvalue weighted by Gasteiger charge is -2.04. The van der Waals surface area contributed by atoms with Crippen molar-refractivity contribution >= 4 is 11.9 Å². The molecular formula is C19H19NO. The smallest absolute Gasteiger partial charge is 0.119 e. The Kier molecular flexibility index (Phi) is 5.60. The predicted molar refractivity (Wildman–Crippen MR) is 88.5 cm³/mol. The Hall–Kier alpha value is -2.53. The maximum atomic E-state index is 5.63. The van der Waals surface area contributed by atoms with Gasteiger partial charge in [0.15, 0.2) is 0 Å². The van der Waals surface area contributed by atoms with Gasteiger partial charge in [-0.2, -0.15) is 0 Å². The van der Waals surface area contributed by atoms with Crippen LogP contribution in [0.4, 0.5) is 5.69 Å². The van der Waals surface area contributed by atoms with Crippen LogP contribution >= 0.6 is 0 Å². The molecule has 106 valence electrons. The van der Waals surface area contributed by atoms with E-state index in [0.717, 1.165) is 42.0 Å². The third-order valence-electron chi connectivity index (χ3n) is 3.04. The number of aliphatic imine (C=N–C) groups is 1. The number of nitrogens with zero attached hydrogens (tertiary/aromatic N) is 1. The van der Waals surface area contributed by atoms with Crippen molar-refractivity contribution in [1.82, 2.24) is 0 Å². The lowest BCUT2D eigenvalue weighted by Crippen LogP contribution is -1.96. The van der Waals surface area contributed by atoms with Gasteiger partial charge in [-0.3, -0.25) is 4.99 Å². The number of hydrogen-bond donors (Lipinski definition) is 0. The van der Waals surface area contributed by atoms with Crippen molar-refractivity contribution in [3.8, 4) is 18.1 Å². The summed E-state index contributed by atoms with van der Waals surface area (Å²) in [6.45, 7) is 2.92. The predicted octanol–water partition coefficient (Wildman–Crippen LogP) is 4.60. The monoisotopic (exact) mass is 277 g/mol. The molecule has 0 fully saturated rings. The molecule has 0 atom stereocenters. The summed E-state index contributed by atoms with van der Waals surface area (Å²) in [4.78, 5) is 4.42. The average molecular weight is 277 g/mol. The zero-order chi connectivity index (χ0) is 14.9.